The van der Waals surface area contributed by atoms with Gasteiger partial charge in [-0.3, -0.25) is 0 Å². The van der Waals surface area contributed by atoms with E-state index in [1.807, 2.05) is 19.0 Å². The Kier molecular flexibility index (Phi) is 4.45. The summed E-state index contributed by atoms with van der Waals surface area (Å²) in [5, 5.41) is 0. The van der Waals surface area contributed by atoms with E-state index in [0.29, 0.717) is 13.1 Å². The Hall–Kier alpha value is -0.920. The molecule has 0 bridgehead atoms. The van der Waals surface area contributed by atoms with Gasteiger partial charge in [0.1, 0.15) is 5.82 Å². The maximum atomic E-state index is 11.1. The summed E-state index contributed by atoms with van der Waals surface area (Å²) in [5.41, 5.74) is 0. The van der Waals surface area contributed by atoms with Gasteiger partial charge in [-0.15, -0.1) is 0 Å². The first-order valence-corrected chi connectivity index (χ1v) is 6.44. The number of imidazole rings is 1. The van der Waals surface area contributed by atoms with Crippen LogP contribution >= 0.6 is 0 Å². The number of nitrogens with one attached hydrogen (secondary N) is 1. The van der Waals surface area contributed by atoms with Crippen molar-refractivity contribution in [3.05, 3.63) is 25.3 Å². The monoisotopic (exact) mass is 244 g/mol. The predicted molar refractivity (Wildman–Crippen MR) is 60.8 cm³/mol. The molecule has 1 aromatic rings. The number of aryl methyl sites for hydroxylation is 1. The van der Waals surface area contributed by atoms with Gasteiger partial charge >= 0.3 is 0 Å². The van der Waals surface area contributed by atoms with E-state index in [2.05, 4.69) is 4.98 Å². The van der Waals surface area contributed by atoms with Gasteiger partial charge in [0, 0.05) is 18.9 Å². The van der Waals surface area contributed by atoms with Crippen LogP contribution in [-0.4, -0.2) is 42.7 Å². The second-order valence-electron chi connectivity index (χ2n) is 3.71. The highest BCUT2D eigenvalue weighted by Crippen LogP contribution is 2.01. The fraction of sp³-hybridized carbons (Fsp3) is 0.556. The molecule has 0 saturated heterocycles. The van der Waals surface area contributed by atoms with E-state index in [9.17, 15) is 8.42 Å². The molecule has 2 radical (unpaired) electrons. The van der Waals surface area contributed by atoms with Crippen LogP contribution in [0.15, 0.2) is 12.4 Å². The molecule has 1 N–H and O–H groups in total. The Morgan fingerprint density at radius 2 is 2.25 bits per heavy atom. The lowest BCUT2D eigenvalue weighted by molar-refractivity contribution is 0.381. The zero-order valence-corrected chi connectivity index (χ0v) is 10.2. The minimum Gasteiger partial charge on any atom is -0.333 e. The number of hydrogen-bond donors (Lipinski definition) is 1. The minimum atomic E-state index is -3.38. The van der Waals surface area contributed by atoms with Crippen LogP contribution in [0.25, 0.3) is 0 Å². The van der Waals surface area contributed by atoms with Crippen molar-refractivity contribution in [3.8, 4) is 0 Å². The van der Waals surface area contributed by atoms with E-state index in [1.54, 1.807) is 21.7 Å². The molecule has 90 valence electrons. The van der Waals surface area contributed by atoms with Crippen LogP contribution in [0, 0.1) is 7.05 Å². The first kappa shape index (κ1) is 13.1. The fourth-order valence-electron chi connectivity index (χ4n) is 1.26. The molecule has 0 aromatic carbocycles. The number of hydrogen-bond acceptors (Lipinski definition) is 4. The smallest absolute Gasteiger partial charge is 0.213 e. The van der Waals surface area contributed by atoms with E-state index < -0.39 is 10.0 Å². The van der Waals surface area contributed by atoms with Gasteiger partial charge in [-0.25, -0.2) is 18.1 Å². The number of aromatic nitrogens is 2. The molecule has 0 atom stereocenters. The van der Waals surface area contributed by atoms with Gasteiger partial charge in [0.15, 0.2) is 0 Å². The highest BCUT2D eigenvalue weighted by atomic mass is 32.2. The summed E-state index contributed by atoms with van der Waals surface area (Å²) in [6, 6.07) is 0. The van der Waals surface area contributed by atoms with E-state index in [4.69, 9.17) is 7.05 Å². The lowest BCUT2D eigenvalue weighted by atomic mass is 10.5. The third-order valence-electron chi connectivity index (χ3n) is 2.04. The minimum absolute atomic E-state index is 0.0553. The molecule has 0 aliphatic rings. The molecule has 0 unspecified atom stereocenters. The average molecular weight is 244 g/mol. The molecular formula is C9H16N4O2S. The van der Waals surface area contributed by atoms with Crippen molar-refractivity contribution in [2.75, 3.05) is 19.8 Å². The molecule has 1 heterocycles. The molecule has 7 heteroatoms. The highest BCUT2D eigenvalue weighted by Gasteiger charge is 2.09. The van der Waals surface area contributed by atoms with Crippen molar-refractivity contribution >= 4 is 10.0 Å². The average Bonchev–Trinajstić information content (AvgIpc) is 2.62. The quantitative estimate of drug-likeness (QED) is 0.687. The second-order valence-corrected chi connectivity index (χ2v) is 5.58. The fourth-order valence-corrected chi connectivity index (χ4v) is 1.81. The normalized spacial score (nSPS) is 12.2. The van der Waals surface area contributed by atoms with Crippen LogP contribution in [0.2, 0.25) is 0 Å². The van der Waals surface area contributed by atoms with Crippen LogP contribution in [0.5, 0.6) is 0 Å². The molecule has 0 spiro atoms. The second kappa shape index (κ2) is 5.42. The van der Waals surface area contributed by atoms with Gasteiger partial charge in [-0.1, -0.05) is 0 Å². The van der Waals surface area contributed by atoms with Crippen LogP contribution < -0.4 is 4.72 Å². The summed E-state index contributed by atoms with van der Waals surface area (Å²) in [6.45, 7) is 1.01. The molecule has 0 aliphatic heterocycles. The molecule has 16 heavy (non-hydrogen) atoms. The SMILES string of the molecule is [CH]NS(=O)(=O)CCn1ccnc1CN(C)C. The standard InChI is InChI=1S/C9H16N4O2S/c1-10-16(14,15)7-6-13-5-4-11-9(13)8-12(2)3/h1,4-5,10H,6-8H2,2-3H3. The van der Waals surface area contributed by atoms with Gasteiger partial charge in [0.05, 0.1) is 19.3 Å². The van der Waals surface area contributed by atoms with E-state index in [-0.39, 0.29) is 5.75 Å². The lowest BCUT2D eigenvalue weighted by Gasteiger charge is -2.11. The molecule has 0 aliphatic carbocycles. The zero-order valence-electron chi connectivity index (χ0n) is 9.42. The number of sulfonamides is 1. The summed E-state index contributed by atoms with van der Waals surface area (Å²) >= 11 is 0. The van der Waals surface area contributed by atoms with Gasteiger partial charge in [-0.05, 0) is 14.1 Å². The van der Waals surface area contributed by atoms with Crippen LogP contribution in [0.3, 0.4) is 0 Å². The largest absolute Gasteiger partial charge is 0.333 e. The number of rotatable bonds is 6. The number of nitrogens with zero attached hydrogens (tertiary/aromatic N) is 3. The van der Waals surface area contributed by atoms with Gasteiger partial charge in [-0.2, -0.15) is 0 Å². The molecule has 1 aromatic heterocycles. The van der Waals surface area contributed by atoms with Crippen molar-refractivity contribution in [3.63, 3.8) is 0 Å². The van der Waals surface area contributed by atoms with Crippen molar-refractivity contribution < 1.29 is 8.42 Å². The Morgan fingerprint density at radius 1 is 1.56 bits per heavy atom. The molecular weight excluding hydrogens is 228 g/mol. The lowest BCUT2D eigenvalue weighted by Crippen LogP contribution is -2.24. The van der Waals surface area contributed by atoms with Crippen LogP contribution in [0.1, 0.15) is 5.82 Å². The van der Waals surface area contributed by atoms with Gasteiger partial charge in [0.2, 0.25) is 10.0 Å². The van der Waals surface area contributed by atoms with Gasteiger partial charge < -0.3 is 9.47 Å². The summed E-state index contributed by atoms with van der Waals surface area (Å²) in [5.74, 6) is 0.775. The van der Waals surface area contributed by atoms with E-state index in [0.717, 1.165) is 5.82 Å². The van der Waals surface area contributed by atoms with Gasteiger partial charge in [0.25, 0.3) is 0 Å². The molecule has 1 rings (SSSR count). The Balaban J connectivity index is 2.64. The molecule has 6 nitrogen and oxygen atoms in total. The van der Waals surface area contributed by atoms with Crippen molar-refractivity contribution in [2.24, 2.45) is 0 Å². The first-order valence-electron chi connectivity index (χ1n) is 4.79. The molecule has 0 amide bonds. The third kappa shape index (κ3) is 3.92. The summed E-state index contributed by atoms with van der Waals surface area (Å²) < 4.78 is 25.9. The van der Waals surface area contributed by atoms with Crippen molar-refractivity contribution in [2.45, 2.75) is 13.1 Å². The third-order valence-corrected chi connectivity index (χ3v) is 3.12. The molecule has 0 fully saturated rings. The Morgan fingerprint density at radius 3 is 2.81 bits per heavy atom. The maximum Gasteiger partial charge on any atom is 0.213 e. The van der Waals surface area contributed by atoms with Crippen molar-refractivity contribution in [1.29, 1.82) is 0 Å². The summed E-state index contributed by atoms with van der Waals surface area (Å²) in [6.07, 6.45) is 3.41. The van der Waals surface area contributed by atoms with E-state index >= 15 is 0 Å². The van der Waals surface area contributed by atoms with Crippen LogP contribution in [-0.2, 0) is 23.1 Å². The van der Waals surface area contributed by atoms with Crippen molar-refractivity contribution in [1.82, 2.24) is 19.2 Å². The zero-order chi connectivity index (χ0) is 12.2. The Bertz CT molecular complexity index is 424. The predicted octanol–water partition coefficient (Wildman–Crippen LogP) is -0.467. The maximum absolute atomic E-state index is 11.1. The first-order chi connectivity index (χ1) is 7.44. The summed E-state index contributed by atoms with van der Waals surface area (Å²) in [4.78, 5) is 6.12. The summed E-state index contributed by atoms with van der Waals surface area (Å²) in [7, 11) is 5.37. The van der Waals surface area contributed by atoms with Crippen LogP contribution in [0.4, 0.5) is 0 Å². The Labute approximate surface area is 96.3 Å². The topological polar surface area (TPSA) is 67.2 Å². The highest BCUT2D eigenvalue weighted by molar-refractivity contribution is 7.89. The van der Waals surface area contributed by atoms with E-state index in [1.165, 1.54) is 0 Å². The molecule has 0 saturated carbocycles.